The molecule has 1 rings (SSSR count). The fraction of sp³-hybridized carbons (Fsp3) is 0.857. The van der Waals surface area contributed by atoms with Crippen LogP contribution in [0.1, 0.15) is 26.9 Å². The quantitative estimate of drug-likeness (QED) is 0.744. The summed E-state index contributed by atoms with van der Waals surface area (Å²) in [5, 5.41) is 10.1. The largest absolute Gasteiger partial charge is 0.283 e. The van der Waals surface area contributed by atoms with Crippen LogP contribution in [0.4, 0.5) is 0 Å². The molecule has 1 atom stereocenters. The average molecular weight is 201 g/mol. The Morgan fingerprint density at radius 3 is 2.54 bits per heavy atom. The predicted molar refractivity (Wildman–Crippen MR) is 52.8 cm³/mol. The average Bonchev–Trinajstić information content (AvgIpc) is 2.53. The summed E-state index contributed by atoms with van der Waals surface area (Å²) in [5.74, 6) is 0. The van der Waals surface area contributed by atoms with Crippen molar-refractivity contribution in [3.05, 3.63) is 4.77 Å². The minimum absolute atomic E-state index is 0.192. The maximum atomic E-state index is 5.01. The zero-order valence-electron chi connectivity index (χ0n) is 8.19. The molecule has 0 spiro atoms. The second-order valence-corrected chi connectivity index (χ2v) is 3.17. The number of aromatic nitrogens is 4. The van der Waals surface area contributed by atoms with E-state index in [0.29, 0.717) is 4.77 Å². The van der Waals surface area contributed by atoms with E-state index in [9.17, 15) is 0 Å². The third-order valence-electron chi connectivity index (χ3n) is 2.21. The van der Waals surface area contributed by atoms with Crippen molar-refractivity contribution in [1.82, 2.24) is 25.1 Å². The monoisotopic (exact) mass is 201 g/mol. The van der Waals surface area contributed by atoms with Crippen LogP contribution >= 0.6 is 12.2 Å². The molecule has 1 heterocycles. The Morgan fingerprint density at radius 2 is 2.15 bits per heavy atom. The zero-order valence-corrected chi connectivity index (χ0v) is 9.01. The molecule has 13 heavy (non-hydrogen) atoms. The summed E-state index contributed by atoms with van der Waals surface area (Å²) in [6, 6.07) is 0. The van der Waals surface area contributed by atoms with Gasteiger partial charge in [0.15, 0.2) is 0 Å². The lowest BCUT2D eigenvalue weighted by Crippen LogP contribution is -2.31. The first-order valence-electron chi connectivity index (χ1n) is 4.44. The van der Waals surface area contributed by atoms with E-state index < -0.39 is 0 Å². The van der Waals surface area contributed by atoms with Crippen LogP contribution in [0.2, 0.25) is 0 Å². The first kappa shape index (κ1) is 10.3. The molecule has 1 N–H and O–H groups in total. The molecule has 5 nitrogen and oxygen atoms in total. The molecule has 0 saturated heterocycles. The van der Waals surface area contributed by atoms with Gasteiger partial charge in [0.2, 0.25) is 4.77 Å². The predicted octanol–water partition coefficient (Wildman–Crippen LogP) is 1.20. The van der Waals surface area contributed by atoms with Gasteiger partial charge in [0.05, 0.1) is 0 Å². The third-order valence-corrected chi connectivity index (χ3v) is 2.49. The minimum Gasteiger partial charge on any atom is -0.283 e. The third kappa shape index (κ3) is 2.13. The highest BCUT2D eigenvalue weighted by Crippen LogP contribution is 2.09. The summed E-state index contributed by atoms with van der Waals surface area (Å²) in [6.07, 6.45) is 0.192. The molecule has 0 bridgehead atoms. The molecule has 1 unspecified atom stereocenters. The van der Waals surface area contributed by atoms with Gasteiger partial charge in [-0.3, -0.25) is 4.90 Å². The van der Waals surface area contributed by atoms with Gasteiger partial charge >= 0.3 is 0 Å². The van der Waals surface area contributed by atoms with Crippen LogP contribution in [0.5, 0.6) is 0 Å². The fourth-order valence-corrected chi connectivity index (χ4v) is 1.60. The minimum atomic E-state index is 0.192. The van der Waals surface area contributed by atoms with Crippen LogP contribution in [0.15, 0.2) is 0 Å². The van der Waals surface area contributed by atoms with E-state index in [1.807, 2.05) is 0 Å². The lowest BCUT2D eigenvalue weighted by Gasteiger charge is -2.25. The van der Waals surface area contributed by atoms with Crippen LogP contribution < -0.4 is 0 Å². The van der Waals surface area contributed by atoms with E-state index in [1.165, 1.54) is 0 Å². The highest BCUT2D eigenvalue weighted by Gasteiger charge is 2.12. The Labute approximate surface area is 82.7 Å². The van der Waals surface area contributed by atoms with Gasteiger partial charge in [0.1, 0.15) is 6.17 Å². The van der Waals surface area contributed by atoms with E-state index in [-0.39, 0.29) is 6.17 Å². The number of H-pyrrole nitrogens is 1. The van der Waals surface area contributed by atoms with Crippen LogP contribution in [0, 0.1) is 4.77 Å². The number of aromatic amines is 1. The maximum absolute atomic E-state index is 5.01. The van der Waals surface area contributed by atoms with Gasteiger partial charge in [-0.2, -0.15) is 5.21 Å². The van der Waals surface area contributed by atoms with Crippen molar-refractivity contribution in [3.8, 4) is 0 Å². The van der Waals surface area contributed by atoms with Gasteiger partial charge in [0, 0.05) is 0 Å². The highest BCUT2D eigenvalue weighted by atomic mass is 32.1. The highest BCUT2D eigenvalue weighted by molar-refractivity contribution is 7.71. The SMILES string of the molecule is CCN(CC)C(C)n1[nH]nnc1=S. The first-order valence-corrected chi connectivity index (χ1v) is 4.85. The second-order valence-electron chi connectivity index (χ2n) is 2.81. The van der Waals surface area contributed by atoms with Gasteiger partial charge in [-0.25, -0.2) is 4.68 Å². The summed E-state index contributed by atoms with van der Waals surface area (Å²) in [7, 11) is 0. The molecule has 0 fully saturated rings. The Kier molecular flexibility index (Phi) is 3.56. The van der Waals surface area contributed by atoms with Crippen LogP contribution in [0.25, 0.3) is 0 Å². The number of hydrogen-bond acceptors (Lipinski definition) is 4. The van der Waals surface area contributed by atoms with Crippen molar-refractivity contribution < 1.29 is 0 Å². The van der Waals surface area contributed by atoms with Gasteiger partial charge < -0.3 is 0 Å². The fourth-order valence-electron chi connectivity index (χ4n) is 1.36. The van der Waals surface area contributed by atoms with Crippen molar-refractivity contribution in [1.29, 1.82) is 0 Å². The zero-order chi connectivity index (χ0) is 9.84. The van der Waals surface area contributed by atoms with Crippen molar-refractivity contribution in [2.75, 3.05) is 13.1 Å². The molecule has 6 heteroatoms. The molecule has 0 aliphatic rings. The first-order chi connectivity index (χ1) is 6.20. The Hall–Kier alpha value is -0.750. The summed E-state index contributed by atoms with van der Waals surface area (Å²) >= 11 is 5.01. The molecule has 1 aromatic heterocycles. The lowest BCUT2D eigenvalue weighted by atomic mass is 10.4. The standard InChI is InChI=1S/C7H15N5S/c1-4-11(5-2)6(3)12-7(13)8-9-10-12/h6H,4-5H2,1-3H3,(H,8,10,13). The number of tetrazole rings is 1. The van der Waals surface area contributed by atoms with E-state index in [1.54, 1.807) is 4.68 Å². The van der Waals surface area contributed by atoms with Gasteiger partial charge in [0.25, 0.3) is 0 Å². The molecule has 0 amide bonds. The van der Waals surface area contributed by atoms with E-state index >= 15 is 0 Å². The Bertz CT molecular complexity index is 300. The number of hydrogen-bond donors (Lipinski definition) is 1. The van der Waals surface area contributed by atoms with Crippen molar-refractivity contribution in [2.24, 2.45) is 0 Å². The second kappa shape index (κ2) is 4.48. The van der Waals surface area contributed by atoms with Gasteiger partial charge in [-0.1, -0.05) is 24.2 Å². The van der Waals surface area contributed by atoms with Crippen molar-refractivity contribution in [3.63, 3.8) is 0 Å². The molecule has 74 valence electrons. The van der Waals surface area contributed by atoms with E-state index in [4.69, 9.17) is 12.2 Å². The van der Waals surface area contributed by atoms with Gasteiger partial charge in [-0.15, -0.1) is 0 Å². The van der Waals surface area contributed by atoms with Gasteiger partial charge in [-0.05, 0) is 32.2 Å². The van der Waals surface area contributed by atoms with Crippen molar-refractivity contribution >= 4 is 12.2 Å². The lowest BCUT2D eigenvalue weighted by molar-refractivity contribution is 0.155. The molecular weight excluding hydrogens is 186 g/mol. The molecule has 0 aromatic carbocycles. The summed E-state index contributed by atoms with van der Waals surface area (Å²) in [4.78, 5) is 2.26. The molecule has 1 aromatic rings. The van der Waals surface area contributed by atoms with Crippen molar-refractivity contribution in [2.45, 2.75) is 26.9 Å². The molecular formula is C7H15N5S. The summed E-state index contributed by atoms with van der Waals surface area (Å²) in [5.41, 5.74) is 0. The number of nitrogens with one attached hydrogen (secondary N) is 1. The smallest absolute Gasteiger partial charge is 0.239 e. The molecule has 0 aliphatic carbocycles. The molecule has 0 aliphatic heterocycles. The normalized spacial score (nSPS) is 13.5. The Morgan fingerprint density at radius 1 is 1.54 bits per heavy atom. The van der Waals surface area contributed by atoms with Crippen LogP contribution in [-0.2, 0) is 0 Å². The summed E-state index contributed by atoms with van der Waals surface area (Å²) in [6.45, 7) is 8.28. The number of nitrogens with zero attached hydrogens (tertiary/aromatic N) is 4. The van der Waals surface area contributed by atoms with Crippen LogP contribution in [-0.4, -0.2) is 38.2 Å². The van der Waals surface area contributed by atoms with E-state index in [2.05, 4.69) is 41.2 Å². The van der Waals surface area contributed by atoms with Crippen LogP contribution in [0.3, 0.4) is 0 Å². The van der Waals surface area contributed by atoms with E-state index in [0.717, 1.165) is 13.1 Å². The Balaban J connectivity index is 2.83. The number of rotatable bonds is 4. The molecule has 0 radical (unpaired) electrons. The summed E-state index contributed by atoms with van der Waals surface area (Å²) < 4.78 is 2.28. The topological polar surface area (TPSA) is 49.7 Å². The maximum Gasteiger partial charge on any atom is 0.239 e. The molecule has 0 saturated carbocycles.